The molecule has 1 atom stereocenters. The summed E-state index contributed by atoms with van der Waals surface area (Å²) in [5, 5.41) is 3.10. The van der Waals surface area contributed by atoms with Crippen LogP contribution in [0.15, 0.2) is 66.9 Å². The van der Waals surface area contributed by atoms with Crippen LogP contribution in [0.1, 0.15) is 28.4 Å². The monoisotopic (exact) mass is 359 g/mol. The molecule has 0 saturated carbocycles. The summed E-state index contributed by atoms with van der Waals surface area (Å²) in [6, 6.07) is 20.8. The number of amides is 1. The minimum absolute atomic E-state index is 0.0321. The average Bonchev–Trinajstić information content (AvgIpc) is 3.15. The molecular formula is C23H25N3O. The summed E-state index contributed by atoms with van der Waals surface area (Å²) in [7, 11) is 0. The van der Waals surface area contributed by atoms with E-state index in [4.69, 9.17) is 0 Å². The van der Waals surface area contributed by atoms with E-state index in [2.05, 4.69) is 70.4 Å². The van der Waals surface area contributed by atoms with E-state index in [1.165, 1.54) is 16.8 Å². The summed E-state index contributed by atoms with van der Waals surface area (Å²) in [4.78, 5) is 15.1. The van der Waals surface area contributed by atoms with E-state index in [0.717, 1.165) is 24.3 Å². The van der Waals surface area contributed by atoms with Gasteiger partial charge in [-0.15, -0.1) is 0 Å². The largest absolute Gasteiger partial charge is 0.348 e. The van der Waals surface area contributed by atoms with Crippen LogP contribution >= 0.6 is 0 Å². The van der Waals surface area contributed by atoms with Crippen molar-refractivity contribution < 1.29 is 4.79 Å². The zero-order chi connectivity index (χ0) is 18.8. The Morgan fingerprint density at radius 2 is 1.81 bits per heavy atom. The van der Waals surface area contributed by atoms with Gasteiger partial charge in [0, 0.05) is 30.7 Å². The first kappa shape index (κ1) is 17.6. The van der Waals surface area contributed by atoms with Gasteiger partial charge in [-0.25, -0.2) is 0 Å². The smallest absolute Gasteiger partial charge is 0.238 e. The number of aryl methyl sites for hydroxylation is 1. The van der Waals surface area contributed by atoms with Gasteiger partial charge in [0.1, 0.15) is 0 Å². The second-order valence-electron chi connectivity index (χ2n) is 7.21. The molecule has 138 valence electrons. The Bertz CT molecular complexity index is 945. The number of nitrogens with zero attached hydrogens (tertiary/aromatic N) is 2. The van der Waals surface area contributed by atoms with Gasteiger partial charge < -0.3 is 9.88 Å². The standard InChI is InChI=1S/C23H25N3O/c1-17-8-6-11-20(18(17)2)24-22(27)16-26-15-14-25-13-7-12-21(25)23(26)19-9-4-3-5-10-19/h3-13,23H,14-16H2,1-2H3,(H,24,27)/t23-/m1/s1. The number of carbonyl (C=O) groups is 1. The van der Waals surface area contributed by atoms with Crippen molar-refractivity contribution in [2.24, 2.45) is 0 Å². The van der Waals surface area contributed by atoms with Crippen LogP contribution in [0, 0.1) is 13.8 Å². The molecule has 0 spiro atoms. The lowest BCUT2D eigenvalue weighted by atomic mass is 10.00. The van der Waals surface area contributed by atoms with Gasteiger partial charge in [-0.2, -0.15) is 0 Å². The first-order valence-electron chi connectivity index (χ1n) is 9.43. The number of anilines is 1. The molecule has 2 aromatic carbocycles. The predicted molar refractivity (Wildman–Crippen MR) is 109 cm³/mol. The highest BCUT2D eigenvalue weighted by Gasteiger charge is 2.29. The van der Waals surface area contributed by atoms with Crippen LogP contribution in [-0.4, -0.2) is 28.5 Å². The molecule has 0 bridgehead atoms. The minimum atomic E-state index is 0.0321. The summed E-state index contributed by atoms with van der Waals surface area (Å²) < 4.78 is 2.29. The van der Waals surface area contributed by atoms with E-state index < -0.39 is 0 Å². The van der Waals surface area contributed by atoms with E-state index >= 15 is 0 Å². The Balaban J connectivity index is 1.57. The van der Waals surface area contributed by atoms with Gasteiger partial charge in [0.05, 0.1) is 12.6 Å². The number of hydrogen-bond donors (Lipinski definition) is 1. The normalized spacial score (nSPS) is 16.7. The van der Waals surface area contributed by atoms with Gasteiger partial charge in [-0.05, 0) is 48.7 Å². The van der Waals surface area contributed by atoms with Crippen molar-refractivity contribution in [3.63, 3.8) is 0 Å². The number of hydrogen-bond acceptors (Lipinski definition) is 2. The molecule has 0 radical (unpaired) electrons. The molecule has 1 aliphatic heterocycles. The van der Waals surface area contributed by atoms with E-state index in [1.807, 2.05) is 25.1 Å². The Morgan fingerprint density at radius 3 is 2.63 bits per heavy atom. The molecule has 0 saturated heterocycles. The molecule has 1 aliphatic rings. The van der Waals surface area contributed by atoms with Crippen molar-refractivity contribution in [3.8, 4) is 0 Å². The van der Waals surface area contributed by atoms with Crippen LogP contribution in [-0.2, 0) is 11.3 Å². The fraction of sp³-hybridized carbons (Fsp3) is 0.261. The first-order valence-corrected chi connectivity index (χ1v) is 9.43. The molecule has 1 amide bonds. The van der Waals surface area contributed by atoms with Crippen molar-refractivity contribution in [3.05, 3.63) is 89.2 Å². The predicted octanol–water partition coefficient (Wildman–Crippen LogP) is 4.15. The van der Waals surface area contributed by atoms with E-state index in [1.54, 1.807) is 0 Å². The first-order chi connectivity index (χ1) is 13.1. The van der Waals surface area contributed by atoms with Crippen molar-refractivity contribution in [2.45, 2.75) is 26.4 Å². The topological polar surface area (TPSA) is 37.3 Å². The highest BCUT2D eigenvalue weighted by Crippen LogP contribution is 2.32. The molecule has 3 aromatic rings. The molecule has 1 aromatic heterocycles. The summed E-state index contributed by atoms with van der Waals surface area (Å²) in [6.45, 7) is 6.24. The zero-order valence-corrected chi connectivity index (χ0v) is 15.9. The molecule has 4 nitrogen and oxygen atoms in total. The van der Waals surface area contributed by atoms with Crippen molar-refractivity contribution in [2.75, 3.05) is 18.4 Å². The second-order valence-corrected chi connectivity index (χ2v) is 7.21. The lowest BCUT2D eigenvalue weighted by Gasteiger charge is -2.36. The van der Waals surface area contributed by atoms with E-state index in [9.17, 15) is 4.79 Å². The fourth-order valence-corrected chi connectivity index (χ4v) is 3.88. The number of carbonyl (C=O) groups excluding carboxylic acids is 1. The fourth-order valence-electron chi connectivity index (χ4n) is 3.88. The molecule has 4 rings (SSSR count). The lowest BCUT2D eigenvalue weighted by Crippen LogP contribution is -2.42. The maximum Gasteiger partial charge on any atom is 0.238 e. The Hall–Kier alpha value is -2.85. The third-order valence-corrected chi connectivity index (χ3v) is 5.48. The Labute approximate surface area is 160 Å². The Morgan fingerprint density at radius 1 is 1.00 bits per heavy atom. The summed E-state index contributed by atoms with van der Waals surface area (Å²) >= 11 is 0. The van der Waals surface area contributed by atoms with Crippen LogP contribution in [0.3, 0.4) is 0 Å². The Kier molecular flexibility index (Phi) is 4.82. The summed E-state index contributed by atoms with van der Waals surface area (Å²) in [5.41, 5.74) is 5.67. The number of aromatic nitrogens is 1. The van der Waals surface area contributed by atoms with Gasteiger partial charge in [-0.3, -0.25) is 9.69 Å². The summed E-state index contributed by atoms with van der Waals surface area (Å²) in [6.07, 6.45) is 2.12. The number of fused-ring (bicyclic) bond motifs is 1. The van der Waals surface area contributed by atoms with Gasteiger partial charge in [-0.1, -0.05) is 42.5 Å². The summed E-state index contributed by atoms with van der Waals surface area (Å²) in [5.74, 6) is 0.0321. The third kappa shape index (κ3) is 3.53. The molecule has 0 unspecified atom stereocenters. The average molecular weight is 359 g/mol. The van der Waals surface area contributed by atoms with Crippen LogP contribution in [0.25, 0.3) is 0 Å². The van der Waals surface area contributed by atoms with Crippen molar-refractivity contribution in [1.82, 2.24) is 9.47 Å². The SMILES string of the molecule is Cc1cccc(NC(=O)CN2CCn3cccc3[C@H]2c2ccccc2)c1C. The second kappa shape index (κ2) is 7.41. The van der Waals surface area contributed by atoms with Gasteiger partial charge in [0.2, 0.25) is 5.91 Å². The highest BCUT2D eigenvalue weighted by atomic mass is 16.2. The molecule has 27 heavy (non-hydrogen) atoms. The molecule has 0 fully saturated rings. The van der Waals surface area contributed by atoms with Crippen molar-refractivity contribution >= 4 is 11.6 Å². The third-order valence-electron chi connectivity index (χ3n) is 5.48. The van der Waals surface area contributed by atoms with Crippen LogP contribution in [0.2, 0.25) is 0 Å². The number of nitrogens with one attached hydrogen (secondary N) is 1. The van der Waals surface area contributed by atoms with E-state index in [-0.39, 0.29) is 11.9 Å². The number of rotatable bonds is 4. The molecule has 2 heterocycles. The van der Waals surface area contributed by atoms with E-state index in [0.29, 0.717) is 6.54 Å². The van der Waals surface area contributed by atoms with Gasteiger partial charge in [0.15, 0.2) is 0 Å². The van der Waals surface area contributed by atoms with Crippen LogP contribution in [0.5, 0.6) is 0 Å². The quantitative estimate of drug-likeness (QED) is 0.760. The molecule has 0 aliphatic carbocycles. The van der Waals surface area contributed by atoms with Gasteiger partial charge >= 0.3 is 0 Å². The lowest BCUT2D eigenvalue weighted by molar-refractivity contribution is -0.117. The molecule has 1 N–H and O–H groups in total. The zero-order valence-electron chi connectivity index (χ0n) is 15.9. The molecular weight excluding hydrogens is 334 g/mol. The molecule has 4 heteroatoms. The maximum absolute atomic E-state index is 12.8. The van der Waals surface area contributed by atoms with Gasteiger partial charge in [0.25, 0.3) is 0 Å². The van der Waals surface area contributed by atoms with Crippen LogP contribution in [0.4, 0.5) is 5.69 Å². The van der Waals surface area contributed by atoms with Crippen molar-refractivity contribution in [1.29, 1.82) is 0 Å². The minimum Gasteiger partial charge on any atom is -0.348 e. The number of benzene rings is 2. The maximum atomic E-state index is 12.8. The van der Waals surface area contributed by atoms with Crippen LogP contribution < -0.4 is 5.32 Å². The highest BCUT2D eigenvalue weighted by molar-refractivity contribution is 5.93.